The van der Waals surface area contributed by atoms with E-state index in [9.17, 15) is 9.59 Å². The second-order valence-electron chi connectivity index (χ2n) is 13.1. The van der Waals surface area contributed by atoms with Crippen LogP contribution in [0.1, 0.15) is 50.6 Å². The second-order valence-corrected chi connectivity index (χ2v) is 13.1. The minimum absolute atomic E-state index is 0.0172. The normalized spacial score (nSPS) is 17.4. The van der Waals surface area contributed by atoms with Gasteiger partial charge in [-0.2, -0.15) is 0 Å². The summed E-state index contributed by atoms with van der Waals surface area (Å²) in [5.41, 5.74) is 8.20. The van der Waals surface area contributed by atoms with Crippen LogP contribution in [0.5, 0.6) is 0 Å². The van der Waals surface area contributed by atoms with E-state index in [0.717, 1.165) is 51.5 Å². The third kappa shape index (κ3) is 6.00. The molecule has 6 rings (SSSR count). The Bertz CT molecular complexity index is 1680. The van der Waals surface area contributed by atoms with E-state index in [1.165, 1.54) is 10.9 Å². The Balaban J connectivity index is 1.11. The van der Waals surface area contributed by atoms with Crippen LogP contribution in [0.4, 0.5) is 10.6 Å². The van der Waals surface area contributed by atoms with E-state index in [1.54, 1.807) is 4.90 Å². The number of hydrogen-bond donors (Lipinski definition) is 1. The van der Waals surface area contributed by atoms with Crippen molar-refractivity contribution in [3.8, 4) is 22.4 Å². The molecular weight excluding hydrogens is 552 g/mol. The number of ether oxygens (including phenoxy) is 1. The molecule has 0 unspecified atom stereocenters. The summed E-state index contributed by atoms with van der Waals surface area (Å²) in [6.45, 7) is 14.9. The zero-order valence-electron chi connectivity index (χ0n) is 26.6. The monoisotopic (exact) mass is 594 g/mol. The first-order valence-electron chi connectivity index (χ1n) is 15.5. The number of carbonyl (C=O) groups is 2. The highest BCUT2D eigenvalue weighted by molar-refractivity contribution is 5.93. The number of fused-ring (bicyclic) bond motifs is 1. The van der Waals surface area contributed by atoms with E-state index in [-0.39, 0.29) is 5.91 Å². The smallest absolute Gasteiger partial charge is 0.410 e. The molecule has 0 radical (unpaired) electrons. The van der Waals surface area contributed by atoms with Crippen LogP contribution >= 0.6 is 0 Å². The Hall–Kier alpha value is -4.40. The zero-order chi connectivity index (χ0) is 31.2. The maximum atomic E-state index is 13.4. The molecule has 2 fully saturated rings. The fourth-order valence-electron chi connectivity index (χ4n) is 6.46. The predicted octanol–water partition coefficient (Wildman–Crippen LogP) is 6.27. The predicted molar refractivity (Wildman–Crippen MR) is 174 cm³/mol. The van der Waals surface area contributed by atoms with Gasteiger partial charge in [0.2, 0.25) is 5.91 Å². The summed E-state index contributed by atoms with van der Waals surface area (Å²) in [4.78, 5) is 44.8. The number of likely N-dealkylation sites (tertiary alicyclic amines) is 1. The third-order valence-corrected chi connectivity index (χ3v) is 8.59. The lowest BCUT2D eigenvalue weighted by molar-refractivity contribution is -0.136. The SMILES string of the molecule is Cc1cc(-c2[nH]c3cc(-c4ccc(N5CCN(C(=O)[C@H]6CCCN6C(=O)OC(C)(C)C)CC5)nc4)ccc3c2C)cc(C)n1. The molecular formula is C35H42N6O3. The van der Waals surface area contributed by atoms with Crippen LogP contribution in [0.3, 0.4) is 0 Å². The first kappa shape index (κ1) is 29.7. The first-order chi connectivity index (χ1) is 21.0. The lowest BCUT2D eigenvalue weighted by atomic mass is 10.0. The number of rotatable bonds is 4. The number of nitrogens with one attached hydrogen (secondary N) is 1. The number of amides is 2. The van der Waals surface area contributed by atoms with Gasteiger partial charge in [0.1, 0.15) is 17.5 Å². The molecule has 1 N–H and O–H groups in total. The number of benzene rings is 1. The van der Waals surface area contributed by atoms with Gasteiger partial charge in [0.15, 0.2) is 0 Å². The topological polar surface area (TPSA) is 94.7 Å². The Morgan fingerprint density at radius 1 is 0.886 bits per heavy atom. The molecule has 2 saturated heterocycles. The van der Waals surface area contributed by atoms with E-state index >= 15 is 0 Å². The van der Waals surface area contributed by atoms with Crippen molar-refractivity contribution in [2.45, 2.75) is 66.0 Å². The lowest BCUT2D eigenvalue weighted by Crippen LogP contribution is -2.55. The molecule has 4 aromatic rings. The van der Waals surface area contributed by atoms with Crippen LogP contribution in [-0.2, 0) is 9.53 Å². The van der Waals surface area contributed by atoms with Crippen molar-refractivity contribution in [1.29, 1.82) is 0 Å². The van der Waals surface area contributed by atoms with Crippen molar-refractivity contribution < 1.29 is 14.3 Å². The van der Waals surface area contributed by atoms with Crippen molar-refractivity contribution in [1.82, 2.24) is 24.8 Å². The lowest BCUT2D eigenvalue weighted by Gasteiger charge is -2.38. The van der Waals surface area contributed by atoms with Gasteiger partial charge in [0, 0.05) is 78.0 Å². The average Bonchev–Trinajstić information content (AvgIpc) is 3.61. The van der Waals surface area contributed by atoms with Gasteiger partial charge in [0.05, 0.1) is 0 Å². The minimum Gasteiger partial charge on any atom is -0.444 e. The molecule has 2 aliphatic heterocycles. The summed E-state index contributed by atoms with van der Waals surface area (Å²) in [6.07, 6.45) is 3.02. The van der Waals surface area contributed by atoms with E-state index in [4.69, 9.17) is 9.72 Å². The van der Waals surface area contributed by atoms with E-state index in [2.05, 4.69) is 64.3 Å². The van der Waals surface area contributed by atoms with E-state index in [0.29, 0.717) is 39.1 Å². The molecule has 2 amide bonds. The summed E-state index contributed by atoms with van der Waals surface area (Å²) in [7, 11) is 0. The highest BCUT2D eigenvalue weighted by Gasteiger charge is 2.39. The number of aryl methyl sites for hydroxylation is 3. The molecule has 9 heteroatoms. The third-order valence-electron chi connectivity index (χ3n) is 8.59. The second kappa shape index (κ2) is 11.6. The summed E-state index contributed by atoms with van der Waals surface area (Å²) >= 11 is 0. The van der Waals surface area contributed by atoms with Gasteiger partial charge in [0.25, 0.3) is 0 Å². The average molecular weight is 595 g/mol. The van der Waals surface area contributed by atoms with Gasteiger partial charge in [-0.25, -0.2) is 9.78 Å². The van der Waals surface area contributed by atoms with Gasteiger partial charge in [-0.1, -0.05) is 12.1 Å². The van der Waals surface area contributed by atoms with Crippen molar-refractivity contribution >= 4 is 28.7 Å². The molecule has 0 aliphatic carbocycles. The fourth-order valence-corrected chi connectivity index (χ4v) is 6.46. The van der Waals surface area contributed by atoms with Crippen LogP contribution in [-0.4, -0.2) is 81.1 Å². The number of hydrogen-bond acceptors (Lipinski definition) is 6. The molecule has 0 spiro atoms. The van der Waals surface area contributed by atoms with Crippen molar-refractivity contribution in [2.24, 2.45) is 0 Å². The summed E-state index contributed by atoms with van der Waals surface area (Å²) in [5.74, 6) is 0.920. The molecule has 2 aliphatic rings. The number of carbonyl (C=O) groups excluding carboxylic acids is 2. The summed E-state index contributed by atoms with van der Waals surface area (Å²) < 4.78 is 5.56. The number of piperazine rings is 1. The number of H-pyrrole nitrogens is 1. The maximum absolute atomic E-state index is 13.4. The summed E-state index contributed by atoms with van der Waals surface area (Å²) in [6, 6.07) is 14.5. The number of aromatic nitrogens is 3. The molecule has 1 atom stereocenters. The molecule has 1 aromatic carbocycles. The minimum atomic E-state index is -0.586. The van der Waals surface area contributed by atoms with E-state index < -0.39 is 17.7 Å². The van der Waals surface area contributed by atoms with Crippen LogP contribution in [0.15, 0.2) is 48.7 Å². The summed E-state index contributed by atoms with van der Waals surface area (Å²) in [5, 5.41) is 1.21. The molecule has 3 aromatic heterocycles. The molecule has 0 bridgehead atoms. The Labute approximate surface area is 259 Å². The van der Waals surface area contributed by atoms with Crippen LogP contribution in [0.25, 0.3) is 33.3 Å². The number of aromatic amines is 1. The largest absolute Gasteiger partial charge is 0.444 e. The number of anilines is 1. The molecule has 44 heavy (non-hydrogen) atoms. The standard InChI is InChI=1S/C35H42N6O3/c1-22-18-27(19-23(2)37-22)32-24(3)28-11-9-25(20-29(28)38-32)26-10-12-31(36-21-26)39-14-16-40(17-15-39)33(42)30-8-7-13-41(30)34(43)44-35(4,5)6/h9-12,18-21,30,38H,7-8,13-17H2,1-6H3/t30-/m1/s1. The Morgan fingerprint density at radius 3 is 2.25 bits per heavy atom. The molecule has 9 nitrogen and oxygen atoms in total. The fraction of sp³-hybridized carbons (Fsp3) is 0.429. The van der Waals surface area contributed by atoms with E-state index in [1.807, 2.05) is 45.7 Å². The number of pyridine rings is 2. The zero-order valence-corrected chi connectivity index (χ0v) is 26.6. The van der Waals surface area contributed by atoms with Crippen molar-refractivity contribution in [3.63, 3.8) is 0 Å². The quantitative estimate of drug-likeness (QED) is 0.300. The maximum Gasteiger partial charge on any atom is 0.410 e. The highest BCUT2D eigenvalue weighted by atomic mass is 16.6. The highest BCUT2D eigenvalue weighted by Crippen LogP contribution is 2.33. The van der Waals surface area contributed by atoms with Gasteiger partial charge in [-0.15, -0.1) is 0 Å². The van der Waals surface area contributed by atoms with Crippen LogP contribution in [0, 0.1) is 20.8 Å². The first-order valence-corrected chi connectivity index (χ1v) is 15.5. The van der Waals surface area contributed by atoms with Crippen LogP contribution in [0.2, 0.25) is 0 Å². The molecule has 230 valence electrons. The molecule has 0 saturated carbocycles. The van der Waals surface area contributed by atoms with Crippen molar-refractivity contribution in [2.75, 3.05) is 37.6 Å². The Kier molecular flexibility index (Phi) is 7.82. The van der Waals surface area contributed by atoms with Gasteiger partial charge >= 0.3 is 6.09 Å². The van der Waals surface area contributed by atoms with Crippen LogP contribution < -0.4 is 4.90 Å². The van der Waals surface area contributed by atoms with Crippen molar-refractivity contribution in [3.05, 3.63) is 65.6 Å². The van der Waals surface area contributed by atoms with Gasteiger partial charge in [-0.3, -0.25) is 14.7 Å². The van der Waals surface area contributed by atoms with Gasteiger partial charge < -0.3 is 19.5 Å². The Morgan fingerprint density at radius 2 is 1.59 bits per heavy atom. The van der Waals surface area contributed by atoms with Gasteiger partial charge in [-0.05, 0) is 95.8 Å². The molecule has 5 heterocycles. The number of nitrogens with zero attached hydrogens (tertiary/aromatic N) is 5.